The highest BCUT2D eigenvalue weighted by atomic mass is 35.5. The molecule has 1 aromatic carbocycles. The molecule has 0 aliphatic heterocycles. The Hall–Kier alpha value is -1.27. The Bertz CT molecular complexity index is 543. The van der Waals surface area contributed by atoms with E-state index in [2.05, 4.69) is 5.32 Å². The Balaban J connectivity index is 2.90. The number of hydrogen-bond acceptors (Lipinski definition) is 3. The average Bonchev–Trinajstić information content (AvgIpc) is 2.25. The van der Waals surface area contributed by atoms with Crippen molar-refractivity contribution in [1.29, 1.82) is 0 Å². The number of carbonyl (C=O) groups excluding carboxylic acids is 1. The fourth-order valence-electron chi connectivity index (χ4n) is 1.37. The van der Waals surface area contributed by atoms with Gasteiger partial charge in [-0.25, -0.2) is 17.9 Å². The van der Waals surface area contributed by atoms with Crippen molar-refractivity contribution in [1.82, 2.24) is 10.0 Å². The molecule has 1 rings (SSSR count). The van der Waals surface area contributed by atoms with Gasteiger partial charge < -0.3 is 5.32 Å². The number of aryl methyl sites for hydroxylation is 1. The number of carbonyl (C=O) groups is 1. The average molecular weight is 291 g/mol. The second-order valence-electron chi connectivity index (χ2n) is 3.77. The lowest BCUT2D eigenvalue weighted by molar-refractivity contribution is 0.246. The van der Waals surface area contributed by atoms with Gasteiger partial charge in [0.1, 0.15) is 0 Å². The second kappa shape index (κ2) is 6.06. The monoisotopic (exact) mass is 290 g/mol. The molecule has 18 heavy (non-hydrogen) atoms. The molecule has 0 saturated heterocycles. The lowest BCUT2D eigenvalue weighted by atomic mass is 10.2. The Morgan fingerprint density at radius 1 is 1.39 bits per heavy atom. The summed E-state index contributed by atoms with van der Waals surface area (Å²) in [6.07, 6.45) is 0.730. The van der Waals surface area contributed by atoms with Crippen LogP contribution in [0.2, 0.25) is 5.02 Å². The molecule has 7 heteroatoms. The third-order valence-corrected chi connectivity index (χ3v) is 3.92. The van der Waals surface area contributed by atoms with Gasteiger partial charge in [0.15, 0.2) is 0 Å². The molecule has 0 saturated carbocycles. The van der Waals surface area contributed by atoms with Crippen LogP contribution >= 0.6 is 11.6 Å². The van der Waals surface area contributed by atoms with Crippen LogP contribution in [0.4, 0.5) is 4.79 Å². The number of sulfonamides is 1. The summed E-state index contributed by atoms with van der Waals surface area (Å²) in [5.74, 6) is 0. The molecule has 5 nitrogen and oxygen atoms in total. The van der Waals surface area contributed by atoms with Gasteiger partial charge in [-0.15, -0.1) is 0 Å². The molecule has 0 radical (unpaired) electrons. The maximum atomic E-state index is 11.9. The molecule has 0 aromatic heterocycles. The summed E-state index contributed by atoms with van der Waals surface area (Å²) < 4.78 is 25.8. The van der Waals surface area contributed by atoms with Gasteiger partial charge in [-0.05, 0) is 37.1 Å². The van der Waals surface area contributed by atoms with Gasteiger partial charge in [0, 0.05) is 11.6 Å². The van der Waals surface area contributed by atoms with Gasteiger partial charge in [0.25, 0.3) is 10.0 Å². The molecule has 2 amide bonds. The Morgan fingerprint density at radius 2 is 2.06 bits per heavy atom. The van der Waals surface area contributed by atoms with Gasteiger partial charge in [-0.2, -0.15) is 0 Å². The molecule has 2 N–H and O–H groups in total. The zero-order chi connectivity index (χ0) is 13.8. The molecule has 0 atom stereocenters. The van der Waals surface area contributed by atoms with Crippen molar-refractivity contribution >= 4 is 27.7 Å². The summed E-state index contributed by atoms with van der Waals surface area (Å²) in [7, 11) is -3.86. The lowest BCUT2D eigenvalue weighted by Gasteiger charge is -2.10. The topological polar surface area (TPSA) is 75.3 Å². The lowest BCUT2D eigenvalue weighted by Crippen LogP contribution is -2.39. The number of rotatable bonds is 4. The first-order valence-electron chi connectivity index (χ1n) is 5.43. The smallest absolute Gasteiger partial charge is 0.328 e. The van der Waals surface area contributed by atoms with E-state index in [0.717, 1.165) is 6.42 Å². The normalized spacial score (nSPS) is 11.1. The fourth-order valence-corrected chi connectivity index (χ4v) is 2.75. The van der Waals surface area contributed by atoms with Crippen LogP contribution in [-0.2, 0) is 10.0 Å². The largest absolute Gasteiger partial charge is 0.337 e. The van der Waals surface area contributed by atoms with Crippen LogP contribution < -0.4 is 10.0 Å². The zero-order valence-electron chi connectivity index (χ0n) is 10.2. The van der Waals surface area contributed by atoms with Crippen molar-refractivity contribution < 1.29 is 13.2 Å². The Morgan fingerprint density at radius 3 is 2.61 bits per heavy atom. The second-order valence-corrected chi connectivity index (χ2v) is 5.86. The number of amides is 2. The van der Waals surface area contributed by atoms with E-state index in [4.69, 9.17) is 11.6 Å². The van der Waals surface area contributed by atoms with Crippen molar-refractivity contribution in [3.63, 3.8) is 0 Å². The summed E-state index contributed by atoms with van der Waals surface area (Å²) >= 11 is 5.75. The third-order valence-electron chi connectivity index (χ3n) is 2.19. The number of urea groups is 1. The summed E-state index contributed by atoms with van der Waals surface area (Å²) in [5.41, 5.74) is 0.485. The zero-order valence-corrected chi connectivity index (χ0v) is 11.7. The molecule has 0 bridgehead atoms. The van der Waals surface area contributed by atoms with E-state index >= 15 is 0 Å². The van der Waals surface area contributed by atoms with Gasteiger partial charge >= 0.3 is 6.03 Å². The fraction of sp³-hybridized carbons (Fsp3) is 0.364. The molecule has 1 aromatic rings. The van der Waals surface area contributed by atoms with Crippen LogP contribution in [0.5, 0.6) is 0 Å². The molecule has 0 fully saturated rings. The summed E-state index contributed by atoms with van der Waals surface area (Å²) in [4.78, 5) is 11.4. The predicted octanol–water partition coefficient (Wildman–Crippen LogP) is 2.05. The van der Waals surface area contributed by atoms with E-state index in [1.54, 1.807) is 6.92 Å². The standard InChI is InChI=1S/C11H15ClN2O3S/c1-3-6-13-11(15)14-18(16,17)10-5-4-9(12)7-8(10)2/h4-5,7H,3,6H2,1-2H3,(H2,13,14,15). The molecule has 0 unspecified atom stereocenters. The first-order chi connectivity index (χ1) is 8.36. The first-order valence-corrected chi connectivity index (χ1v) is 7.29. The molecular formula is C11H15ClN2O3S. The number of halogens is 1. The van der Waals surface area contributed by atoms with E-state index in [1.807, 2.05) is 11.6 Å². The minimum absolute atomic E-state index is 0.0403. The van der Waals surface area contributed by atoms with Crippen LogP contribution in [0.1, 0.15) is 18.9 Å². The summed E-state index contributed by atoms with van der Waals surface area (Å²) in [6.45, 7) is 3.91. The van der Waals surface area contributed by atoms with E-state index in [9.17, 15) is 13.2 Å². The van der Waals surface area contributed by atoms with Gasteiger partial charge in [-0.1, -0.05) is 18.5 Å². The minimum Gasteiger partial charge on any atom is -0.337 e. The van der Waals surface area contributed by atoms with Gasteiger partial charge in [0.2, 0.25) is 0 Å². The van der Waals surface area contributed by atoms with Crippen molar-refractivity contribution in [2.45, 2.75) is 25.2 Å². The highest BCUT2D eigenvalue weighted by Gasteiger charge is 2.19. The summed E-state index contributed by atoms with van der Waals surface area (Å²) in [5, 5.41) is 2.88. The minimum atomic E-state index is -3.86. The van der Waals surface area contributed by atoms with Crippen molar-refractivity contribution in [2.24, 2.45) is 0 Å². The molecule has 0 heterocycles. The third kappa shape index (κ3) is 3.89. The molecule has 0 aliphatic carbocycles. The van der Waals surface area contributed by atoms with Crippen LogP contribution in [-0.4, -0.2) is 21.0 Å². The van der Waals surface area contributed by atoms with Crippen molar-refractivity contribution in [3.05, 3.63) is 28.8 Å². The van der Waals surface area contributed by atoms with Crippen LogP contribution in [0.15, 0.2) is 23.1 Å². The van der Waals surface area contributed by atoms with Crippen LogP contribution in [0, 0.1) is 6.92 Å². The van der Waals surface area contributed by atoms with Crippen molar-refractivity contribution in [2.75, 3.05) is 6.54 Å². The van der Waals surface area contributed by atoms with E-state index in [-0.39, 0.29) is 4.90 Å². The summed E-state index contributed by atoms with van der Waals surface area (Å²) in [6, 6.07) is 3.63. The Kier molecular flexibility index (Phi) is 4.98. The number of nitrogens with one attached hydrogen (secondary N) is 2. The maximum Gasteiger partial charge on any atom is 0.328 e. The molecule has 0 spiro atoms. The van der Waals surface area contributed by atoms with E-state index in [0.29, 0.717) is 17.1 Å². The van der Waals surface area contributed by atoms with Crippen molar-refractivity contribution in [3.8, 4) is 0 Å². The van der Waals surface area contributed by atoms with Gasteiger partial charge in [-0.3, -0.25) is 0 Å². The maximum absolute atomic E-state index is 11.9. The van der Waals surface area contributed by atoms with Crippen LogP contribution in [0.25, 0.3) is 0 Å². The van der Waals surface area contributed by atoms with Crippen LogP contribution in [0.3, 0.4) is 0 Å². The Labute approximate surface area is 112 Å². The number of benzene rings is 1. The molecular weight excluding hydrogens is 276 g/mol. The predicted molar refractivity (Wildman–Crippen MR) is 70.2 cm³/mol. The highest BCUT2D eigenvalue weighted by molar-refractivity contribution is 7.90. The van der Waals surface area contributed by atoms with E-state index < -0.39 is 16.1 Å². The first kappa shape index (κ1) is 14.8. The number of hydrogen-bond donors (Lipinski definition) is 2. The quantitative estimate of drug-likeness (QED) is 0.891. The van der Waals surface area contributed by atoms with E-state index in [1.165, 1.54) is 18.2 Å². The van der Waals surface area contributed by atoms with Gasteiger partial charge in [0.05, 0.1) is 4.90 Å². The highest BCUT2D eigenvalue weighted by Crippen LogP contribution is 2.19. The SMILES string of the molecule is CCCNC(=O)NS(=O)(=O)c1ccc(Cl)cc1C. The molecule has 100 valence electrons. The molecule has 0 aliphatic rings.